The largest absolute Gasteiger partial charge is 0.375 e. The average Bonchev–Trinajstić information content (AvgIpc) is 2.93. The number of nitrogens with zero attached hydrogens (tertiary/aromatic N) is 1. The van der Waals surface area contributed by atoms with Crippen LogP contribution in [0.5, 0.6) is 0 Å². The van der Waals surface area contributed by atoms with Crippen LogP contribution in [0.25, 0.3) is 0 Å². The number of anilines is 1. The van der Waals surface area contributed by atoms with Crippen LogP contribution in [0.1, 0.15) is 50.2 Å². The first-order valence-corrected chi connectivity index (χ1v) is 11.4. The lowest BCUT2D eigenvalue weighted by atomic mass is 9.87. The SMILES string of the molecule is Cc1ccc(C)c(CN2C(=O)C(O)(CC(=O)c3cc(C)ccc3C)c3cc(Br)ccc32)c1. The molecule has 1 aliphatic heterocycles. The Morgan fingerprint density at radius 3 is 2.31 bits per heavy atom. The van der Waals surface area contributed by atoms with Crippen molar-refractivity contribution in [2.75, 3.05) is 4.90 Å². The zero-order valence-corrected chi connectivity index (χ0v) is 20.3. The van der Waals surface area contributed by atoms with Gasteiger partial charge in [-0.05, 0) is 68.7 Å². The lowest BCUT2D eigenvalue weighted by Gasteiger charge is -2.24. The number of aryl methyl sites for hydroxylation is 4. The molecule has 3 aromatic carbocycles. The third-order valence-corrected chi connectivity index (χ3v) is 6.73. The van der Waals surface area contributed by atoms with Gasteiger partial charge in [0.05, 0.1) is 18.7 Å². The molecule has 0 aliphatic carbocycles. The van der Waals surface area contributed by atoms with E-state index in [1.807, 2.05) is 70.2 Å². The average molecular weight is 492 g/mol. The van der Waals surface area contributed by atoms with Crippen LogP contribution in [-0.4, -0.2) is 16.8 Å². The van der Waals surface area contributed by atoms with Gasteiger partial charge in [0.1, 0.15) is 0 Å². The first-order valence-electron chi connectivity index (χ1n) is 10.6. The number of fused-ring (bicyclic) bond motifs is 1. The zero-order chi connectivity index (χ0) is 23.2. The highest BCUT2D eigenvalue weighted by molar-refractivity contribution is 9.10. The van der Waals surface area contributed by atoms with E-state index in [1.165, 1.54) is 0 Å². The van der Waals surface area contributed by atoms with Gasteiger partial charge in [0.2, 0.25) is 0 Å². The maximum Gasteiger partial charge on any atom is 0.264 e. The molecule has 5 heteroatoms. The zero-order valence-electron chi connectivity index (χ0n) is 18.7. The van der Waals surface area contributed by atoms with Crippen molar-refractivity contribution >= 4 is 33.3 Å². The van der Waals surface area contributed by atoms with Gasteiger partial charge < -0.3 is 10.0 Å². The molecule has 1 amide bonds. The van der Waals surface area contributed by atoms with Crippen LogP contribution in [0.15, 0.2) is 59.1 Å². The summed E-state index contributed by atoms with van der Waals surface area (Å²) < 4.78 is 0.746. The number of hydrogen-bond donors (Lipinski definition) is 1. The van der Waals surface area contributed by atoms with Crippen molar-refractivity contribution in [2.45, 2.75) is 46.3 Å². The summed E-state index contributed by atoms with van der Waals surface area (Å²) >= 11 is 3.45. The minimum atomic E-state index is -1.91. The van der Waals surface area contributed by atoms with Gasteiger partial charge in [-0.25, -0.2) is 0 Å². The van der Waals surface area contributed by atoms with Crippen LogP contribution < -0.4 is 4.90 Å². The molecule has 1 atom stereocenters. The van der Waals surface area contributed by atoms with Crippen molar-refractivity contribution in [3.05, 3.63) is 98.0 Å². The van der Waals surface area contributed by atoms with Gasteiger partial charge >= 0.3 is 0 Å². The maximum absolute atomic E-state index is 13.6. The number of rotatable bonds is 5. The molecule has 164 valence electrons. The highest BCUT2D eigenvalue weighted by Gasteiger charge is 2.51. The number of hydrogen-bond acceptors (Lipinski definition) is 3. The summed E-state index contributed by atoms with van der Waals surface area (Å²) in [5, 5.41) is 11.7. The Morgan fingerprint density at radius 2 is 1.59 bits per heavy atom. The fourth-order valence-electron chi connectivity index (χ4n) is 4.36. The molecule has 1 unspecified atom stereocenters. The van der Waals surface area contributed by atoms with Gasteiger partial charge in [0, 0.05) is 15.6 Å². The van der Waals surface area contributed by atoms with E-state index in [9.17, 15) is 14.7 Å². The topological polar surface area (TPSA) is 57.6 Å². The second-order valence-corrected chi connectivity index (χ2v) is 9.68. The van der Waals surface area contributed by atoms with Gasteiger partial charge in [-0.15, -0.1) is 0 Å². The van der Waals surface area contributed by atoms with E-state index in [2.05, 4.69) is 22.0 Å². The summed E-state index contributed by atoms with van der Waals surface area (Å²) in [5.41, 5.74) is 4.70. The third kappa shape index (κ3) is 3.91. The lowest BCUT2D eigenvalue weighted by molar-refractivity contribution is -0.136. The van der Waals surface area contributed by atoms with E-state index < -0.39 is 11.5 Å². The van der Waals surface area contributed by atoms with Gasteiger partial charge in [0.25, 0.3) is 5.91 Å². The molecule has 3 aromatic rings. The standard InChI is InChI=1S/C27H26BrNO3/c1-16-5-7-18(3)20(11-16)15-29-24-10-9-21(28)13-23(24)27(32,26(29)31)14-25(30)22-12-17(2)6-8-19(22)4/h5-13,32H,14-15H2,1-4H3. The fourth-order valence-corrected chi connectivity index (χ4v) is 4.72. The Balaban J connectivity index is 1.75. The smallest absolute Gasteiger partial charge is 0.264 e. The molecule has 0 bridgehead atoms. The Morgan fingerprint density at radius 1 is 0.938 bits per heavy atom. The monoisotopic (exact) mass is 491 g/mol. The number of amides is 1. The molecule has 0 saturated heterocycles. The predicted octanol–water partition coefficient (Wildman–Crippen LogP) is 5.69. The molecular weight excluding hydrogens is 466 g/mol. The van der Waals surface area contributed by atoms with Crippen LogP contribution in [0.4, 0.5) is 5.69 Å². The molecule has 0 aromatic heterocycles. The summed E-state index contributed by atoms with van der Waals surface area (Å²) in [5.74, 6) is -0.716. The van der Waals surface area contributed by atoms with E-state index in [4.69, 9.17) is 0 Å². The number of benzene rings is 3. The quantitative estimate of drug-likeness (QED) is 0.466. The van der Waals surface area contributed by atoms with Crippen LogP contribution in [0.2, 0.25) is 0 Å². The minimum absolute atomic E-state index is 0.249. The van der Waals surface area contributed by atoms with Crippen LogP contribution in [0.3, 0.4) is 0 Å². The number of carbonyl (C=O) groups excluding carboxylic acids is 2. The third-order valence-electron chi connectivity index (χ3n) is 6.24. The number of aliphatic hydroxyl groups is 1. The first kappa shape index (κ1) is 22.4. The highest BCUT2D eigenvalue weighted by atomic mass is 79.9. The summed E-state index contributed by atoms with van der Waals surface area (Å²) in [6.07, 6.45) is -0.303. The minimum Gasteiger partial charge on any atom is -0.375 e. The summed E-state index contributed by atoms with van der Waals surface area (Å²) in [4.78, 5) is 28.5. The second kappa shape index (κ2) is 8.30. The van der Waals surface area contributed by atoms with Crippen LogP contribution in [0, 0.1) is 27.7 Å². The van der Waals surface area contributed by atoms with Gasteiger partial charge in [-0.1, -0.05) is 57.4 Å². The van der Waals surface area contributed by atoms with E-state index >= 15 is 0 Å². The molecule has 0 spiro atoms. The summed E-state index contributed by atoms with van der Waals surface area (Å²) in [6.45, 7) is 8.14. The van der Waals surface area contributed by atoms with Crippen LogP contribution >= 0.6 is 15.9 Å². The van der Waals surface area contributed by atoms with Crippen molar-refractivity contribution in [3.8, 4) is 0 Å². The normalized spacial score (nSPS) is 17.6. The summed E-state index contributed by atoms with van der Waals surface area (Å²) in [6, 6.07) is 17.2. The molecule has 4 rings (SSSR count). The Hall–Kier alpha value is -2.76. The number of carbonyl (C=O) groups is 2. The molecule has 1 heterocycles. The van der Waals surface area contributed by atoms with Gasteiger partial charge in [-0.2, -0.15) is 0 Å². The van der Waals surface area contributed by atoms with Crippen molar-refractivity contribution in [1.29, 1.82) is 0 Å². The molecule has 0 saturated carbocycles. The van der Waals surface area contributed by atoms with Gasteiger partial charge in [0.15, 0.2) is 11.4 Å². The van der Waals surface area contributed by atoms with Crippen molar-refractivity contribution < 1.29 is 14.7 Å². The van der Waals surface area contributed by atoms with E-state index in [0.29, 0.717) is 23.4 Å². The fraction of sp³-hybridized carbons (Fsp3) is 0.259. The van der Waals surface area contributed by atoms with E-state index in [1.54, 1.807) is 11.0 Å². The van der Waals surface area contributed by atoms with Crippen molar-refractivity contribution in [1.82, 2.24) is 0 Å². The molecule has 0 fully saturated rings. The molecule has 32 heavy (non-hydrogen) atoms. The van der Waals surface area contributed by atoms with Gasteiger partial charge in [-0.3, -0.25) is 9.59 Å². The predicted molar refractivity (Wildman–Crippen MR) is 130 cm³/mol. The van der Waals surface area contributed by atoms with Crippen molar-refractivity contribution in [2.24, 2.45) is 0 Å². The Labute approximate surface area is 197 Å². The molecule has 4 nitrogen and oxygen atoms in total. The Kier molecular flexibility index (Phi) is 5.82. The molecule has 0 radical (unpaired) electrons. The Bertz CT molecular complexity index is 1250. The van der Waals surface area contributed by atoms with Crippen molar-refractivity contribution in [3.63, 3.8) is 0 Å². The summed E-state index contributed by atoms with van der Waals surface area (Å²) in [7, 11) is 0. The molecule has 1 N–H and O–H groups in total. The van der Waals surface area contributed by atoms with Crippen LogP contribution in [-0.2, 0) is 16.9 Å². The van der Waals surface area contributed by atoms with E-state index in [-0.39, 0.29) is 12.2 Å². The maximum atomic E-state index is 13.6. The lowest BCUT2D eigenvalue weighted by Crippen LogP contribution is -2.41. The molecule has 1 aliphatic rings. The first-order chi connectivity index (χ1) is 15.1. The second-order valence-electron chi connectivity index (χ2n) is 8.76. The number of Topliss-reactive ketones (excluding diaryl/α,β-unsaturated/α-hetero) is 1. The highest BCUT2D eigenvalue weighted by Crippen LogP contribution is 2.45. The molecular formula is C27H26BrNO3. The number of halogens is 1. The van der Waals surface area contributed by atoms with E-state index in [0.717, 1.165) is 32.3 Å². The number of ketones is 1.